The van der Waals surface area contributed by atoms with Gasteiger partial charge >= 0.3 is 0 Å². The van der Waals surface area contributed by atoms with Crippen molar-refractivity contribution in [3.63, 3.8) is 0 Å². The van der Waals surface area contributed by atoms with E-state index < -0.39 is 0 Å². The zero-order valence-electron chi connectivity index (χ0n) is 26.9. The predicted octanol–water partition coefficient (Wildman–Crippen LogP) is 4.24. The highest BCUT2D eigenvalue weighted by atomic mass is 16.5. The summed E-state index contributed by atoms with van der Waals surface area (Å²) in [5, 5.41) is 6.71. The van der Waals surface area contributed by atoms with Crippen LogP contribution in [0.15, 0.2) is 36.4 Å². The van der Waals surface area contributed by atoms with Crippen LogP contribution in [-0.2, 0) is 9.53 Å². The molecule has 3 aliphatic heterocycles. The van der Waals surface area contributed by atoms with Crippen LogP contribution in [0.1, 0.15) is 68.6 Å². The number of amides is 2. The largest absolute Gasteiger partial charge is 0.381 e. The number of likely N-dealkylation sites (N-methyl/N-ethyl adjacent to an activating group) is 1. The molecular formula is C35H49N7O3. The van der Waals surface area contributed by atoms with Crippen molar-refractivity contribution in [1.29, 1.82) is 0 Å². The van der Waals surface area contributed by atoms with Gasteiger partial charge in [-0.2, -0.15) is 0 Å². The van der Waals surface area contributed by atoms with Gasteiger partial charge in [0.15, 0.2) is 5.82 Å². The number of carbonyl (C=O) groups excluding carboxylic acids is 2. The van der Waals surface area contributed by atoms with Gasteiger partial charge in [0.25, 0.3) is 5.91 Å². The molecule has 2 amide bonds. The number of nitrogens with one attached hydrogen (secondary N) is 2. The number of hydrogen-bond donors (Lipinski definition) is 2. The summed E-state index contributed by atoms with van der Waals surface area (Å²) < 4.78 is 5.59. The summed E-state index contributed by atoms with van der Waals surface area (Å²) in [6.07, 6.45) is 9.05. The van der Waals surface area contributed by atoms with Crippen LogP contribution in [0.4, 0.5) is 23.0 Å². The van der Waals surface area contributed by atoms with Gasteiger partial charge in [-0.3, -0.25) is 14.5 Å². The molecule has 0 bridgehead atoms. The highest BCUT2D eigenvalue weighted by molar-refractivity contribution is 6.04. The number of fused-ring (bicyclic) bond motifs is 1. The topological polar surface area (TPSA) is 93.3 Å². The van der Waals surface area contributed by atoms with Gasteiger partial charge in [0.05, 0.1) is 5.69 Å². The third-order valence-corrected chi connectivity index (χ3v) is 10.7. The lowest BCUT2D eigenvalue weighted by molar-refractivity contribution is -0.119. The Kier molecular flexibility index (Phi) is 8.97. The molecule has 10 nitrogen and oxygen atoms in total. The molecule has 2 aliphatic carbocycles. The van der Waals surface area contributed by atoms with E-state index in [9.17, 15) is 9.59 Å². The van der Waals surface area contributed by atoms with E-state index in [-0.39, 0.29) is 29.9 Å². The molecule has 0 radical (unpaired) electrons. The second kappa shape index (κ2) is 13.3. The quantitative estimate of drug-likeness (QED) is 0.456. The molecule has 2 N–H and O–H groups in total. The number of piperazine rings is 1. The fourth-order valence-electron chi connectivity index (χ4n) is 7.80. The summed E-state index contributed by atoms with van der Waals surface area (Å²) in [6, 6.07) is 12.3. The number of nitrogens with zero attached hydrogens (tertiary/aromatic N) is 5. The minimum atomic E-state index is -0.284. The molecule has 45 heavy (non-hydrogen) atoms. The van der Waals surface area contributed by atoms with Gasteiger partial charge in [-0.15, -0.1) is 0 Å². The van der Waals surface area contributed by atoms with Crippen LogP contribution < -0.4 is 20.4 Å². The Morgan fingerprint density at radius 2 is 1.60 bits per heavy atom. The molecule has 1 atom stereocenters. The van der Waals surface area contributed by atoms with Crippen molar-refractivity contribution < 1.29 is 14.3 Å². The smallest absolute Gasteiger partial charge is 0.251 e. The number of aromatic nitrogens is 1. The number of rotatable bonds is 8. The lowest BCUT2D eigenvalue weighted by Gasteiger charge is -2.44. The monoisotopic (exact) mass is 615 g/mol. The second-order valence-corrected chi connectivity index (χ2v) is 13.8. The number of ether oxygens (including phenoxy) is 1. The number of carbonyl (C=O) groups is 2. The van der Waals surface area contributed by atoms with Crippen LogP contribution in [0.25, 0.3) is 0 Å². The van der Waals surface area contributed by atoms with E-state index in [1.807, 2.05) is 50.4 Å². The fourth-order valence-corrected chi connectivity index (χ4v) is 7.80. The first kappa shape index (κ1) is 30.4. The normalized spacial score (nSPS) is 26.9. The van der Waals surface area contributed by atoms with Crippen LogP contribution in [0.3, 0.4) is 0 Å². The number of anilines is 4. The average molecular weight is 616 g/mol. The van der Waals surface area contributed by atoms with E-state index in [2.05, 4.69) is 25.3 Å². The first-order chi connectivity index (χ1) is 21.9. The second-order valence-electron chi connectivity index (χ2n) is 13.8. The third-order valence-electron chi connectivity index (χ3n) is 10.7. The van der Waals surface area contributed by atoms with Gasteiger partial charge in [-0.05, 0) is 101 Å². The molecule has 2 aromatic rings. The zero-order chi connectivity index (χ0) is 30.9. The van der Waals surface area contributed by atoms with E-state index in [4.69, 9.17) is 9.72 Å². The molecule has 10 heteroatoms. The SMILES string of the molecule is C[C@@H]1C(=O)N(C)c2ccc(Nc3ccc(C(=O)NC4CCC(N5CCN(CC6CC6)CC5)CC4)cc3)nc2N1C1CCOCC1. The molecule has 7 rings (SSSR count). The Morgan fingerprint density at radius 3 is 2.29 bits per heavy atom. The Balaban J connectivity index is 0.924. The molecule has 5 aliphatic rings. The Hall–Kier alpha value is -3.21. The number of pyridine rings is 1. The van der Waals surface area contributed by atoms with Crippen molar-refractivity contribution in [2.45, 2.75) is 82.5 Å². The maximum atomic E-state index is 13.1. The summed E-state index contributed by atoms with van der Waals surface area (Å²) in [4.78, 5) is 40.4. The minimum absolute atomic E-state index is 0.000564. The summed E-state index contributed by atoms with van der Waals surface area (Å²) in [5.74, 6) is 2.58. The first-order valence-electron chi connectivity index (χ1n) is 17.2. The molecule has 4 fully saturated rings. The van der Waals surface area contributed by atoms with Crippen LogP contribution in [0.2, 0.25) is 0 Å². The molecule has 1 aromatic heterocycles. The highest BCUT2D eigenvalue weighted by Crippen LogP contribution is 2.38. The third kappa shape index (κ3) is 6.83. The van der Waals surface area contributed by atoms with Crippen molar-refractivity contribution in [2.24, 2.45) is 5.92 Å². The Labute approximate surface area is 267 Å². The van der Waals surface area contributed by atoms with E-state index in [0.29, 0.717) is 30.6 Å². The molecule has 2 saturated carbocycles. The molecule has 242 valence electrons. The molecule has 2 saturated heterocycles. The van der Waals surface area contributed by atoms with Crippen molar-refractivity contribution in [1.82, 2.24) is 20.1 Å². The number of hydrogen-bond acceptors (Lipinski definition) is 8. The molecule has 4 heterocycles. The lowest BCUT2D eigenvalue weighted by Crippen LogP contribution is -2.56. The number of benzene rings is 1. The summed E-state index contributed by atoms with van der Waals surface area (Å²) in [7, 11) is 1.82. The summed E-state index contributed by atoms with van der Waals surface area (Å²) in [6.45, 7) is 9.49. The van der Waals surface area contributed by atoms with Crippen molar-refractivity contribution in [3.05, 3.63) is 42.0 Å². The van der Waals surface area contributed by atoms with Gasteiger partial charge < -0.3 is 30.1 Å². The average Bonchev–Trinajstić information content (AvgIpc) is 3.89. The molecule has 0 spiro atoms. The fraction of sp³-hybridized carbons (Fsp3) is 0.629. The van der Waals surface area contributed by atoms with Crippen LogP contribution in [-0.4, -0.2) is 104 Å². The highest BCUT2D eigenvalue weighted by Gasteiger charge is 2.39. The van der Waals surface area contributed by atoms with Crippen LogP contribution >= 0.6 is 0 Å². The van der Waals surface area contributed by atoms with E-state index >= 15 is 0 Å². The first-order valence-corrected chi connectivity index (χ1v) is 17.2. The maximum Gasteiger partial charge on any atom is 0.251 e. The van der Waals surface area contributed by atoms with Gasteiger partial charge in [-0.1, -0.05) is 0 Å². The lowest BCUT2D eigenvalue weighted by atomic mass is 9.89. The van der Waals surface area contributed by atoms with Crippen molar-refractivity contribution >= 4 is 34.8 Å². The van der Waals surface area contributed by atoms with Crippen molar-refractivity contribution in [3.8, 4) is 0 Å². The summed E-state index contributed by atoms with van der Waals surface area (Å²) in [5.41, 5.74) is 2.36. The predicted molar refractivity (Wildman–Crippen MR) is 177 cm³/mol. The molecule has 1 aromatic carbocycles. The van der Waals surface area contributed by atoms with Gasteiger partial charge in [-0.25, -0.2) is 4.98 Å². The van der Waals surface area contributed by atoms with Gasteiger partial charge in [0.2, 0.25) is 5.91 Å². The zero-order valence-corrected chi connectivity index (χ0v) is 26.9. The van der Waals surface area contributed by atoms with Crippen molar-refractivity contribution in [2.75, 3.05) is 68.1 Å². The van der Waals surface area contributed by atoms with E-state index in [1.165, 1.54) is 58.4 Å². The Bertz CT molecular complexity index is 1340. The Morgan fingerprint density at radius 1 is 0.889 bits per heavy atom. The standard InChI is InChI=1S/C35H49N7O3/c1-24-35(44)39(2)31-13-14-32(38-33(31)42(24)30-15-21-45-22-16-30)36-27-7-5-26(6-8-27)34(43)37-28-9-11-29(12-10-28)41-19-17-40(18-20-41)23-25-3-4-25/h5-8,13-14,24-25,28-30H,3-4,9-12,15-23H2,1-2H3,(H,36,38)(H,37,43)/t24-,28?,29?/m1/s1. The maximum absolute atomic E-state index is 13.1. The summed E-state index contributed by atoms with van der Waals surface area (Å²) >= 11 is 0. The van der Waals surface area contributed by atoms with Gasteiger partial charge in [0, 0.05) is 82.4 Å². The van der Waals surface area contributed by atoms with Gasteiger partial charge in [0.1, 0.15) is 11.9 Å². The van der Waals surface area contributed by atoms with E-state index in [1.54, 1.807) is 4.90 Å². The van der Waals surface area contributed by atoms with Crippen LogP contribution in [0, 0.1) is 5.92 Å². The van der Waals surface area contributed by atoms with E-state index in [0.717, 1.165) is 48.8 Å². The molecular weight excluding hydrogens is 566 g/mol. The molecule has 0 unspecified atom stereocenters. The minimum Gasteiger partial charge on any atom is -0.381 e. The van der Waals surface area contributed by atoms with Crippen LogP contribution in [0.5, 0.6) is 0 Å².